The molecule has 2 aromatic rings. The number of nitrogens with one attached hydrogen (secondary N) is 1. The highest BCUT2D eigenvalue weighted by atomic mass is 16.4. The minimum atomic E-state index is -0.505. The number of aryl methyl sites for hydroxylation is 1. The van der Waals surface area contributed by atoms with Gasteiger partial charge in [0, 0.05) is 17.3 Å². The number of anilines is 1. The molecule has 5 nitrogen and oxygen atoms in total. The molecular weight excluding hydrogens is 270 g/mol. The van der Waals surface area contributed by atoms with E-state index in [0.717, 1.165) is 17.4 Å². The van der Waals surface area contributed by atoms with Crippen molar-refractivity contribution in [3.63, 3.8) is 0 Å². The molecule has 0 aliphatic rings. The van der Waals surface area contributed by atoms with Crippen LogP contribution in [0.3, 0.4) is 0 Å². The fourth-order valence-corrected chi connectivity index (χ4v) is 1.70. The largest absolute Gasteiger partial charge is 0.430 e. The minimum Gasteiger partial charge on any atom is -0.430 e. The Hall–Kier alpha value is -2.84. The minimum absolute atomic E-state index is 0.198. The molecule has 1 aromatic carbocycles. The lowest BCUT2D eigenvalue weighted by atomic mass is 10.1. The average Bonchev–Trinajstić information content (AvgIpc) is 2.48. The van der Waals surface area contributed by atoms with E-state index in [1.165, 1.54) is 12.1 Å². The van der Waals surface area contributed by atoms with Gasteiger partial charge in [0.15, 0.2) is 0 Å². The zero-order chi connectivity index (χ0) is 15.2. The van der Waals surface area contributed by atoms with E-state index in [2.05, 4.69) is 21.6 Å². The average molecular weight is 283 g/mol. The second kappa shape index (κ2) is 6.55. The maximum absolute atomic E-state index is 12.0. The van der Waals surface area contributed by atoms with Crippen LogP contribution in [0, 0.1) is 18.8 Å². The number of carbonyl (C=O) groups excluding carboxylic acids is 1. The lowest BCUT2D eigenvalue weighted by Crippen LogP contribution is -2.13. The molecule has 0 fully saturated rings. The number of amides is 1. The zero-order valence-corrected chi connectivity index (χ0v) is 11.3. The molecule has 2 rings (SSSR count). The fraction of sp³-hybridized carbons (Fsp3) is 0.125. The van der Waals surface area contributed by atoms with Gasteiger partial charge in [-0.05, 0) is 36.8 Å². The van der Waals surface area contributed by atoms with Crippen LogP contribution in [0.25, 0.3) is 0 Å². The smallest absolute Gasteiger partial charge is 0.335 e. The monoisotopic (exact) mass is 283 g/mol. The van der Waals surface area contributed by atoms with Crippen LogP contribution >= 0.6 is 0 Å². The molecule has 2 N–H and O–H groups in total. The summed E-state index contributed by atoms with van der Waals surface area (Å²) < 4.78 is 4.65. The second-order valence-electron chi connectivity index (χ2n) is 4.29. The van der Waals surface area contributed by atoms with E-state index in [-0.39, 0.29) is 18.1 Å². The number of rotatable bonds is 2. The van der Waals surface area contributed by atoms with Crippen LogP contribution in [0.5, 0.6) is 0 Å². The first-order valence-corrected chi connectivity index (χ1v) is 6.21. The third-order valence-corrected chi connectivity index (χ3v) is 2.75. The van der Waals surface area contributed by atoms with Crippen LogP contribution in [0.4, 0.5) is 5.69 Å². The second-order valence-corrected chi connectivity index (χ2v) is 4.29. The first-order chi connectivity index (χ1) is 10.1. The van der Waals surface area contributed by atoms with E-state index < -0.39 is 5.63 Å². The molecule has 1 amide bonds. The number of hydrogen-bond donors (Lipinski definition) is 2. The number of aliphatic hydroxyl groups is 1. The molecule has 0 spiro atoms. The van der Waals surface area contributed by atoms with Crippen LogP contribution in [-0.4, -0.2) is 17.6 Å². The van der Waals surface area contributed by atoms with Crippen LogP contribution in [0.2, 0.25) is 0 Å². The maximum Gasteiger partial charge on any atom is 0.335 e. The molecule has 0 bridgehead atoms. The molecule has 106 valence electrons. The summed E-state index contributed by atoms with van der Waals surface area (Å²) in [5.41, 5.74) is 1.99. The van der Waals surface area contributed by atoms with E-state index in [9.17, 15) is 9.59 Å². The first-order valence-electron chi connectivity index (χ1n) is 6.21. The Morgan fingerprint density at radius 2 is 2.14 bits per heavy atom. The number of benzene rings is 1. The number of aliphatic hydroxyl groups excluding tert-OH is 1. The van der Waals surface area contributed by atoms with Gasteiger partial charge >= 0.3 is 5.63 Å². The highest BCUT2D eigenvalue weighted by Crippen LogP contribution is 2.17. The topological polar surface area (TPSA) is 79.5 Å². The molecule has 0 aliphatic carbocycles. The third-order valence-electron chi connectivity index (χ3n) is 2.75. The summed E-state index contributed by atoms with van der Waals surface area (Å²) in [6.45, 7) is 1.64. The molecule has 0 radical (unpaired) electrons. The third kappa shape index (κ3) is 3.81. The van der Waals surface area contributed by atoms with Crippen molar-refractivity contribution in [3.8, 4) is 11.8 Å². The summed E-state index contributed by atoms with van der Waals surface area (Å²) in [6.07, 6.45) is 1.12. The van der Waals surface area contributed by atoms with Crippen molar-refractivity contribution >= 4 is 11.6 Å². The quantitative estimate of drug-likeness (QED) is 0.819. The molecule has 0 saturated heterocycles. The van der Waals surface area contributed by atoms with Gasteiger partial charge in [-0.3, -0.25) is 4.79 Å². The Bertz CT molecular complexity index is 760. The molecule has 0 aliphatic heterocycles. The van der Waals surface area contributed by atoms with Gasteiger partial charge in [0.1, 0.15) is 12.9 Å². The molecule has 0 atom stereocenters. The van der Waals surface area contributed by atoms with Gasteiger partial charge in [-0.2, -0.15) is 0 Å². The lowest BCUT2D eigenvalue weighted by molar-refractivity contribution is 0.102. The van der Waals surface area contributed by atoms with E-state index >= 15 is 0 Å². The van der Waals surface area contributed by atoms with Gasteiger partial charge in [0.2, 0.25) is 0 Å². The van der Waals surface area contributed by atoms with Crippen molar-refractivity contribution in [2.45, 2.75) is 6.92 Å². The van der Waals surface area contributed by atoms with Crippen molar-refractivity contribution in [3.05, 3.63) is 63.7 Å². The number of hydrogen-bond acceptors (Lipinski definition) is 4. The van der Waals surface area contributed by atoms with E-state index in [1.807, 2.05) is 13.0 Å². The predicted octanol–water partition coefficient (Wildman–Crippen LogP) is 1.54. The Kier molecular flexibility index (Phi) is 4.54. The molecule has 0 unspecified atom stereocenters. The van der Waals surface area contributed by atoms with E-state index in [0.29, 0.717) is 5.69 Å². The van der Waals surface area contributed by atoms with Crippen molar-refractivity contribution in [2.24, 2.45) is 0 Å². The summed E-state index contributed by atoms with van der Waals surface area (Å²) in [5.74, 6) is 4.99. The summed E-state index contributed by atoms with van der Waals surface area (Å²) >= 11 is 0. The van der Waals surface area contributed by atoms with E-state index in [4.69, 9.17) is 5.11 Å². The van der Waals surface area contributed by atoms with Crippen molar-refractivity contribution < 1.29 is 14.3 Å². The molecule has 1 aromatic heterocycles. The van der Waals surface area contributed by atoms with Gasteiger partial charge in [0.25, 0.3) is 5.91 Å². The molecule has 21 heavy (non-hydrogen) atoms. The van der Waals surface area contributed by atoms with Gasteiger partial charge in [-0.1, -0.05) is 11.8 Å². The molecule has 1 heterocycles. The number of carbonyl (C=O) groups is 1. The normalized spacial score (nSPS) is 9.62. The van der Waals surface area contributed by atoms with Crippen LogP contribution in [0.1, 0.15) is 21.5 Å². The van der Waals surface area contributed by atoms with Gasteiger partial charge in [-0.15, -0.1) is 0 Å². The summed E-state index contributed by atoms with van der Waals surface area (Å²) in [5, 5.41) is 11.4. The van der Waals surface area contributed by atoms with Gasteiger partial charge in [-0.25, -0.2) is 4.79 Å². The van der Waals surface area contributed by atoms with Crippen LogP contribution in [0.15, 0.2) is 45.8 Å². The van der Waals surface area contributed by atoms with Crippen molar-refractivity contribution in [2.75, 3.05) is 11.9 Å². The standard InChI is InChI=1S/C16H13NO4/c1-11-9-12(3-2-8-18)4-6-14(11)17-16(20)13-5-7-15(19)21-10-13/h4-7,9-10,18H,8H2,1H3,(H,17,20). The predicted molar refractivity (Wildman–Crippen MR) is 78.1 cm³/mol. The summed E-state index contributed by atoms with van der Waals surface area (Å²) in [7, 11) is 0. The van der Waals surface area contributed by atoms with Gasteiger partial charge < -0.3 is 14.8 Å². The van der Waals surface area contributed by atoms with E-state index in [1.54, 1.807) is 12.1 Å². The Morgan fingerprint density at radius 1 is 1.33 bits per heavy atom. The molecule has 5 heteroatoms. The van der Waals surface area contributed by atoms with Gasteiger partial charge in [0.05, 0.1) is 5.56 Å². The Morgan fingerprint density at radius 3 is 2.76 bits per heavy atom. The highest BCUT2D eigenvalue weighted by molar-refractivity contribution is 6.04. The van der Waals surface area contributed by atoms with Crippen LogP contribution in [-0.2, 0) is 0 Å². The zero-order valence-electron chi connectivity index (χ0n) is 11.3. The molecule has 0 saturated carbocycles. The van der Waals surface area contributed by atoms with Crippen LogP contribution < -0.4 is 10.9 Å². The maximum atomic E-state index is 12.0. The fourth-order valence-electron chi connectivity index (χ4n) is 1.70. The lowest BCUT2D eigenvalue weighted by Gasteiger charge is -2.08. The first kappa shape index (κ1) is 14.6. The highest BCUT2D eigenvalue weighted by Gasteiger charge is 2.08. The van der Waals surface area contributed by atoms with Crippen molar-refractivity contribution in [1.82, 2.24) is 0 Å². The molecular formula is C16H13NO4. The Labute approximate surface area is 121 Å². The summed E-state index contributed by atoms with van der Waals surface area (Å²) in [4.78, 5) is 22.9. The SMILES string of the molecule is Cc1cc(C#CCO)ccc1NC(=O)c1ccc(=O)oc1. The Balaban J connectivity index is 2.17. The summed E-state index contributed by atoms with van der Waals surface area (Å²) in [6, 6.07) is 7.88. The van der Waals surface area contributed by atoms with Crippen molar-refractivity contribution in [1.29, 1.82) is 0 Å².